The fourth-order valence-corrected chi connectivity index (χ4v) is 2.59. The van der Waals surface area contributed by atoms with Gasteiger partial charge < -0.3 is 20.3 Å². The number of ether oxygens (including phenoxy) is 1. The standard InChI is InChI=1S/C15H27NO5/c1-10(8-17)7-15(12(18)19,11-5-6-11)9-16-13(20)21-14(2,3)4/h10-11,17H,5-9H2,1-4H3,(H,16,20)(H,18,19). The molecule has 0 aliphatic heterocycles. The Morgan fingerprint density at radius 3 is 2.29 bits per heavy atom. The quantitative estimate of drug-likeness (QED) is 0.668. The summed E-state index contributed by atoms with van der Waals surface area (Å²) in [4.78, 5) is 23.5. The zero-order valence-electron chi connectivity index (χ0n) is 13.3. The maximum absolute atomic E-state index is 11.8. The van der Waals surface area contributed by atoms with Crippen LogP contribution in [0.15, 0.2) is 0 Å². The lowest BCUT2D eigenvalue weighted by atomic mass is 9.75. The van der Waals surface area contributed by atoms with Gasteiger partial charge in [-0.15, -0.1) is 0 Å². The second-order valence-electron chi connectivity index (χ2n) is 7.08. The average molecular weight is 301 g/mol. The van der Waals surface area contributed by atoms with E-state index in [0.717, 1.165) is 12.8 Å². The summed E-state index contributed by atoms with van der Waals surface area (Å²) >= 11 is 0. The molecule has 6 heteroatoms. The van der Waals surface area contributed by atoms with Gasteiger partial charge in [0.25, 0.3) is 0 Å². The van der Waals surface area contributed by atoms with Gasteiger partial charge in [0.05, 0.1) is 5.41 Å². The van der Waals surface area contributed by atoms with Crippen molar-refractivity contribution >= 4 is 12.1 Å². The van der Waals surface area contributed by atoms with E-state index in [-0.39, 0.29) is 25.0 Å². The van der Waals surface area contributed by atoms with Crippen LogP contribution in [0.2, 0.25) is 0 Å². The lowest BCUT2D eigenvalue weighted by molar-refractivity contribution is -0.151. The van der Waals surface area contributed by atoms with Crippen LogP contribution in [0.25, 0.3) is 0 Å². The number of amides is 1. The van der Waals surface area contributed by atoms with E-state index in [1.165, 1.54) is 0 Å². The topological polar surface area (TPSA) is 95.9 Å². The molecule has 1 aliphatic carbocycles. The Morgan fingerprint density at radius 2 is 1.90 bits per heavy atom. The number of carbonyl (C=O) groups excluding carboxylic acids is 1. The van der Waals surface area contributed by atoms with Crippen LogP contribution in [0.5, 0.6) is 0 Å². The minimum absolute atomic E-state index is 0.0340. The summed E-state index contributed by atoms with van der Waals surface area (Å²) in [5, 5.41) is 21.4. The molecule has 1 aliphatic rings. The number of hydrogen-bond donors (Lipinski definition) is 3. The van der Waals surface area contributed by atoms with Crippen molar-refractivity contribution in [3.63, 3.8) is 0 Å². The minimum Gasteiger partial charge on any atom is -0.481 e. The molecule has 1 amide bonds. The van der Waals surface area contributed by atoms with Crippen molar-refractivity contribution in [3.8, 4) is 0 Å². The highest BCUT2D eigenvalue weighted by Gasteiger charge is 2.51. The SMILES string of the molecule is CC(CO)CC(CNC(=O)OC(C)(C)C)(C(=O)O)C1CC1. The van der Waals surface area contributed by atoms with Gasteiger partial charge in [-0.3, -0.25) is 4.79 Å². The number of nitrogens with one attached hydrogen (secondary N) is 1. The second kappa shape index (κ2) is 6.64. The Morgan fingerprint density at radius 1 is 1.33 bits per heavy atom. The normalized spacial score (nSPS) is 19.5. The van der Waals surface area contributed by atoms with Gasteiger partial charge in [0.2, 0.25) is 0 Å². The maximum Gasteiger partial charge on any atom is 0.407 e. The van der Waals surface area contributed by atoms with Gasteiger partial charge in [-0.1, -0.05) is 6.92 Å². The molecule has 2 atom stereocenters. The van der Waals surface area contributed by atoms with Gasteiger partial charge in [-0.05, 0) is 51.9 Å². The number of carboxylic acid groups (broad SMARTS) is 1. The van der Waals surface area contributed by atoms with E-state index >= 15 is 0 Å². The molecule has 0 aromatic heterocycles. The first-order valence-electron chi connectivity index (χ1n) is 7.42. The molecule has 0 radical (unpaired) electrons. The number of aliphatic hydroxyl groups excluding tert-OH is 1. The van der Waals surface area contributed by atoms with Gasteiger partial charge in [-0.2, -0.15) is 0 Å². The summed E-state index contributed by atoms with van der Waals surface area (Å²) in [5.41, 5.74) is -1.63. The van der Waals surface area contributed by atoms with Crippen LogP contribution < -0.4 is 5.32 Å². The molecule has 0 saturated heterocycles. The second-order valence-corrected chi connectivity index (χ2v) is 7.08. The van der Waals surface area contributed by atoms with Crippen molar-refractivity contribution in [1.82, 2.24) is 5.32 Å². The fourth-order valence-electron chi connectivity index (χ4n) is 2.59. The molecule has 6 nitrogen and oxygen atoms in total. The molecule has 0 heterocycles. The zero-order valence-corrected chi connectivity index (χ0v) is 13.3. The predicted octanol–water partition coefficient (Wildman–Crippen LogP) is 2.01. The van der Waals surface area contributed by atoms with E-state index in [0.29, 0.717) is 6.42 Å². The molecule has 0 bridgehead atoms. The lowest BCUT2D eigenvalue weighted by Gasteiger charge is -2.32. The molecule has 3 N–H and O–H groups in total. The number of carbonyl (C=O) groups is 2. The average Bonchev–Trinajstić information content (AvgIpc) is 3.16. The van der Waals surface area contributed by atoms with Gasteiger partial charge in [-0.25, -0.2) is 4.79 Å². The number of aliphatic carboxylic acids is 1. The first-order valence-corrected chi connectivity index (χ1v) is 7.42. The Hall–Kier alpha value is -1.30. The molecule has 1 rings (SSSR count). The van der Waals surface area contributed by atoms with E-state index in [2.05, 4.69) is 5.32 Å². The van der Waals surface area contributed by atoms with Crippen LogP contribution >= 0.6 is 0 Å². The van der Waals surface area contributed by atoms with Crippen molar-refractivity contribution in [3.05, 3.63) is 0 Å². The zero-order chi connectivity index (χ0) is 16.3. The Labute approximate surface area is 125 Å². The van der Waals surface area contributed by atoms with E-state index < -0.39 is 23.1 Å². The molecule has 0 aromatic carbocycles. The molecule has 122 valence electrons. The van der Waals surface area contributed by atoms with E-state index in [1.54, 1.807) is 20.8 Å². The minimum atomic E-state index is -1.01. The molecule has 2 unspecified atom stereocenters. The molecule has 1 saturated carbocycles. The number of rotatable bonds is 7. The maximum atomic E-state index is 11.8. The smallest absolute Gasteiger partial charge is 0.407 e. The summed E-state index contributed by atoms with van der Waals surface area (Å²) in [6, 6.07) is 0. The molecule has 0 aromatic rings. The Kier molecular flexibility index (Phi) is 5.61. The van der Waals surface area contributed by atoms with Crippen LogP contribution in [0.3, 0.4) is 0 Å². The molecular formula is C15H27NO5. The van der Waals surface area contributed by atoms with Crippen LogP contribution in [0.1, 0.15) is 47.0 Å². The van der Waals surface area contributed by atoms with Crippen molar-refractivity contribution in [2.75, 3.05) is 13.2 Å². The van der Waals surface area contributed by atoms with Gasteiger partial charge >= 0.3 is 12.1 Å². The molecule has 1 fully saturated rings. The highest BCUT2D eigenvalue weighted by molar-refractivity contribution is 5.77. The van der Waals surface area contributed by atoms with Gasteiger partial charge in [0, 0.05) is 13.2 Å². The number of carboxylic acids is 1. The third kappa shape index (κ3) is 5.19. The highest BCUT2D eigenvalue weighted by Crippen LogP contribution is 2.49. The largest absolute Gasteiger partial charge is 0.481 e. The monoisotopic (exact) mass is 301 g/mol. The van der Waals surface area contributed by atoms with Gasteiger partial charge in [0.1, 0.15) is 5.60 Å². The van der Waals surface area contributed by atoms with E-state index in [9.17, 15) is 19.8 Å². The van der Waals surface area contributed by atoms with Gasteiger partial charge in [0.15, 0.2) is 0 Å². The van der Waals surface area contributed by atoms with Crippen molar-refractivity contribution < 1.29 is 24.5 Å². The molecule has 21 heavy (non-hydrogen) atoms. The number of alkyl carbamates (subject to hydrolysis) is 1. The van der Waals surface area contributed by atoms with Crippen molar-refractivity contribution in [1.29, 1.82) is 0 Å². The van der Waals surface area contributed by atoms with E-state index in [1.807, 2.05) is 6.92 Å². The van der Waals surface area contributed by atoms with Crippen molar-refractivity contribution in [2.45, 2.75) is 52.6 Å². The first kappa shape index (κ1) is 17.8. The fraction of sp³-hybridized carbons (Fsp3) is 0.867. The molecular weight excluding hydrogens is 274 g/mol. The Bertz CT molecular complexity index is 386. The summed E-state index contributed by atoms with van der Waals surface area (Å²) in [5.74, 6) is -0.984. The highest BCUT2D eigenvalue weighted by atomic mass is 16.6. The number of aliphatic hydroxyl groups is 1. The Balaban J connectivity index is 2.73. The van der Waals surface area contributed by atoms with E-state index in [4.69, 9.17) is 4.74 Å². The van der Waals surface area contributed by atoms with Crippen LogP contribution in [-0.4, -0.2) is 41.0 Å². The summed E-state index contributed by atoms with van der Waals surface area (Å²) < 4.78 is 5.15. The summed E-state index contributed by atoms with van der Waals surface area (Å²) in [6.07, 6.45) is 1.44. The van der Waals surface area contributed by atoms with Crippen LogP contribution in [0, 0.1) is 17.3 Å². The predicted molar refractivity (Wildman–Crippen MR) is 77.9 cm³/mol. The summed E-state index contributed by atoms with van der Waals surface area (Å²) in [7, 11) is 0. The van der Waals surface area contributed by atoms with Crippen LogP contribution in [-0.2, 0) is 9.53 Å². The third-order valence-electron chi connectivity index (χ3n) is 3.76. The summed E-state index contributed by atoms with van der Waals surface area (Å²) in [6.45, 7) is 7.05. The van der Waals surface area contributed by atoms with Crippen LogP contribution in [0.4, 0.5) is 4.79 Å². The number of hydrogen-bond acceptors (Lipinski definition) is 4. The first-order chi connectivity index (χ1) is 9.60. The third-order valence-corrected chi connectivity index (χ3v) is 3.76. The lowest BCUT2D eigenvalue weighted by Crippen LogP contribution is -2.47. The molecule has 0 spiro atoms. The van der Waals surface area contributed by atoms with Crippen molar-refractivity contribution in [2.24, 2.45) is 17.3 Å².